The molecule has 5 nitrogen and oxygen atoms in total. The normalized spacial score (nSPS) is 9.76. The molecular formula is C12H15NO4. The largest absolute Gasteiger partial charge is 0.482 e. The standard InChI is InChI=1S/C12H15NO4/c1-13(2)11(14)7-9-4-3-5-10(6-9)17-8-12(15)16/h3-6H,7-8H2,1-2H3,(H,15,16). The van der Waals surface area contributed by atoms with Gasteiger partial charge in [-0.05, 0) is 17.7 Å². The SMILES string of the molecule is CN(C)C(=O)Cc1cccc(OCC(=O)O)c1. The molecule has 0 fully saturated rings. The van der Waals surface area contributed by atoms with Crippen molar-refractivity contribution < 1.29 is 19.4 Å². The molecule has 92 valence electrons. The van der Waals surface area contributed by atoms with Crippen molar-refractivity contribution in [2.75, 3.05) is 20.7 Å². The molecule has 0 saturated carbocycles. The minimum Gasteiger partial charge on any atom is -0.482 e. The molecule has 1 aromatic rings. The molecule has 0 aliphatic heterocycles. The highest BCUT2D eigenvalue weighted by Gasteiger charge is 2.06. The van der Waals surface area contributed by atoms with E-state index >= 15 is 0 Å². The van der Waals surface area contributed by atoms with Crippen molar-refractivity contribution >= 4 is 11.9 Å². The number of benzene rings is 1. The van der Waals surface area contributed by atoms with Gasteiger partial charge in [0.05, 0.1) is 6.42 Å². The highest BCUT2D eigenvalue weighted by atomic mass is 16.5. The summed E-state index contributed by atoms with van der Waals surface area (Å²) in [7, 11) is 3.38. The summed E-state index contributed by atoms with van der Waals surface area (Å²) >= 11 is 0. The maximum Gasteiger partial charge on any atom is 0.341 e. The Kier molecular flexibility index (Phi) is 4.51. The lowest BCUT2D eigenvalue weighted by Crippen LogP contribution is -2.23. The van der Waals surface area contributed by atoms with Gasteiger partial charge in [0.2, 0.25) is 5.91 Å². The van der Waals surface area contributed by atoms with Crippen LogP contribution in [0.3, 0.4) is 0 Å². The first-order valence-corrected chi connectivity index (χ1v) is 5.12. The molecule has 0 saturated heterocycles. The number of hydrogen-bond donors (Lipinski definition) is 1. The van der Waals surface area contributed by atoms with Crippen LogP contribution in [0, 0.1) is 0 Å². The lowest BCUT2D eigenvalue weighted by molar-refractivity contribution is -0.139. The van der Waals surface area contributed by atoms with Crippen LogP contribution in [0.25, 0.3) is 0 Å². The van der Waals surface area contributed by atoms with Gasteiger partial charge in [-0.3, -0.25) is 4.79 Å². The Bertz CT molecular complexity index is 415. The van der Waals surface area contributed by atoms with E-state index in [0.29, 0.717) is 5.75 Å². The van der Waals surface area contributed by atoms with Crippen molar-refractivity contribution in [1.82, 2.24) is 4.90 Å². The van der Waals surface area contributed by atoms with E-state index in [2.05, 4.69) is 0 Å². The van der Waals surface area contributed by atoms with Gasteiger partial charge >= 0.3 is 5.97 Å². The number of rotatable bonds is 5. The van der Waals surface area contributed by atoms with Crippen molar-refractivity contribution in [3.8, 4) is 5.75 Å². The van der Waals surface area contributed by atoms with Crippen molar-refractivity contribution in [3.63, 3.8) is 0 Å². The summed E-state index contributed by atoms with van der Waals surface area (Å²) < 4.78 is 5.03. The Morgan fingerprint density at radius 2 is 2.06 bits per heavy atom. The average molecular weight is 237 g/mol. The van der Waals surface area contributed by atoms with Crippen LogP contribution in [-0.4, -0.2) is 42.6 Å². The minimum atomic E-state index is -1.03. The first-order chi connectivity index (χ1) is 7.99. The van der Waals surface area contributed by atoms with Gasteiger partial charge in [-0.15, -0.1) is 0 Å². The van der Waals surface area contributed by atoms with E-state index in [0.717, 1.165) is 5.56 Å². The van der Waals surface area contributed by atoms with Gasteiger partial charge in [-0.2, -0.15) is 0 Å². The summed E-state index contributed by atoms with van der Waals surface area (Å²) in [4.78, 5) is 23.3. The fourth-order valence-electron chi connectivity index (χ4n) is 1.22. The van der Waals surface area contributed by atoms with Gasteiger partial charge in [0.1, 0.15) is 5.75 Å². The van der Waals surface area contributed by atoms with Crippen molar-refractivity contribution in [3.05, 3.63) is 29.8 Å². The van der Waals surface area contributed by atoms with Crippen LogP contribution in [0.2, 0.25) is 0 Å². The second-order valence-corrected chi connectivity index (χ2v) is 3.79. The quantitative estimate of drug-likeness (QED) is 0.821. The number of amides is 1. The van der Waals surface area contributed by atoms with Crippen molar-refractivity contribution in [2.45, 2.75) is 6.42 Å². The number of ether oxygens (including phenoxy) is 1. The van der Waals surface area contributed by atoms with Crippen LogP contribution in [0.5, 0.6) is 5.75 Å². The first-order valence-electron chi connectivity index (χ1n) is 5.12. The van der Waals surface area contributed by atoms with Crippen LogP contribution >= 0.6 is 0 Å². The van der Waals surface area contributed by atoms with Gasteiger partial charge in [-0.1, -0.05) is 12.1 Å². The monoisotopic (exact) mass is 237 g/mol. The molecule has 0 radical (unpaired) electrons. The number of carboxylic acid groups (broad SMARTS) is 1. The Hall–Kier alpha value is -2.04. The summed E-state index contributed by atoms with van der Waals surface area (Å²) in [5.74, 6) is -0.586. The molecule has 5 heteroatoms. The predicted octanol–water partition coefficient (Wildman–Crippen LogP) is 0.781. The zero-order chi connectivity index (χ0) is 12.8. The summed E-state index contributed by atoms with van der Waals surface area (Å²) in [5, 5.41) is 8.48. The fourth-order valence-corrected chi connectivity index (χ4v) is 1.22. The third kappa shape index (κ3) is 4.55. The van der Waals surface area contributed by atoms with Crippen LogP contribution in [0.1, 0.15) is 5.56 Å². The maximum atomic E-state index is 11.5. The molecule has 0 heterocycles. The molecule has 0 spiro atoms. The molecule has 0 unspecified atom stereocenters. The predicted molar refractivity (Wildman–Crippen MR) is 62.0 cm³/mol. The van der Waals surface area contributed by atoms with E-state index in [-0.39, 0.29) is 18.9 Å². The lowest BCUT2D eigenvalue weighted by Gasteiger charge is -2.10. The fraction of sp³-hybridized carbons (Fsp3) is 0.333. The van der Waals surface area contributed by atoms with Gasteiger partial charge in [0.25, 0.3) is 0 Å². The van der Waals surface area contributed by atoms with E-state index in [1.807, 2.05) is 0 Å². The second kappa shape index (κ2) is 5.89. The van der Waals surface area contributed by atoms with E-state index in [9.17, 15) is 9.59 Å². The Morgan fingerprint density at radius 1 is 1.35 bits per heavy atom. The molecule has 1 N–H and O–H groups in total. The number of carbonyl (C=O) groups is 2. The smallest absolute Gasteiger partial charge is 0.341 e. The van der Waals surface area contributed by atoms with E-state index < -0.39 is 5.97 Å². The molecule has 1 amide bonds. The molecule has 17 heavy (non-hydrogen) atoms. The molecular weight excluding hydrogens is 222 g/mol. The molecule has 0 aromatic heterocycles. The van der Waals surface area contributed by atoms with E-state index in [1.165, 1.54) is 4.90 Å². The zero-order valence-electron chi connectivity index (χ0n) is 9.84. The van der Waals surface area contributed by atoms with Crippen molar-refractivity contribution in [1.29, 1.82) is 0 Å². The van der Waals surface area contributed by atoms with Gasteiger partial charge in [0, 0.05) is 14.1 Å². The van der Waals surface area contributed by atoms with Crippen LogP contribution in [-0.2, 0) is 16.0 Å². The Labute approximate surface area is 99.6 Å². The summed E-state index contributed by atoms with van der Waals surface area (Å²) in [6.45, 7) is -0.384. The first kappa shape index (κ1) is 13.0. The Morgan fingerprint density at radius 3 is 2.65 bits per heavy atom. The van der Waals surface area contributed by atoms with Gasteiger partial charge < -0.3 is 14.7 Å². The number of carboxylic acids is 1. The molecule has 0 aliphatic rings. The van der Waals surface area contributed by atoms with E-state index in [1.54, 1.807) is 38.4 Å². The lowest BCUT2D eigenvalue weighted by atomic mass is 10.1. The topological polar surface area (TPSA) is 66.8 Å². The zero-order valence-corrected chi connectivity index (χ0v) is 9.84. The summed E-state index contributed by atoms with van der Waals surface area (Å²) in [6, 6.07) is 6.86. The molecule has 1 rings (SSSR count). The maximum absolute atomic E-state index is 11.5. The molecule has 0 bridgehead atoms. The highest BCUT2D eigenvalue weighted by Crippen LogP contribution is 2.14. The van der Waals surface area contributed by atoms with Gasteiger partial charge in [-0.25, -0.2) is 4.79 Å². The molecule has 0 aliphatic carbocycles. The third-order valence-electron chi connectivity index (χ3n) is 2.11. The number of aliphatic carboxylic acids is 1. The summed E-state index contributed by atoms with van der Waals surface area (Å²) in [5.41, 5.74) is 0.798. The van der Waals surface area contributed by atoms with Crippen LogP contribution in [0.4, 0.5) is 0 Å². The number of hydrogen-bond acceptors (Lipinski definition) is 3. The number of likely N-dealkylation sites (N-methyl/N-ethyl adjacent to an activating group) is 1. The number of carbonyl (C=O) groups excluding carboxylic acids is 1. The van der Waals surface area contributed by atoms with Crippen molar-refractivity contribution in [2.24, 2.45) is 0 Å². The molecule has 0 atom stereocenters. The number of nitrogens with zero attached hydrogens (tertiary/aromatic N) is 1. The average Bonchev–Trinajstić information content (AvgIpc) is 2.26. The van der Waals surface area contributed by atoms with Crippen LogP contribution < -0.4 is 4.74 Å². The second-order valence-electron chi connectivity index (χ2n) is 3.79. The highest BCUT2D eigenvalue weighted by molar-refractivity contribution is 5.78. The third-order valence-corrected chi connectivity index (χ3v) is 2.11. The summed E-state index contributed by atoms with van der Waals surface area (Å²) in [6.07, 6.45) is 0.275. The Balaban J connectivity index is 2.65. The molecule has 1 aromatic carbocycles. The van der Waals surface area contributed by atoms with Gasteiger partial charge in [0.15, 0.2) is 6.61 Å². The van der Waals surface area contributed by atoms with Crippen LogP contribution in [0.15, 0.2) is 24.3 Å². The minimum absolute atomic E-state index is 0.0135. The van der Waals surface area contributed by atoms with E-state index in [4.69, 9.17) is 9.84 Å².